The van der Waals surface area contributed by atoms with Gasteiger partial charge in [0.05, 0.1) is 5.69 Å². The quantitative estimate of drug-likeness (QED) is 0.423. The first-order valence-electron chi connectivity index (χ1n) is 9.11. The molecule has 0 aliphatic heterocycles. The second-order valence-corrected chi connectivity index (χ2v) is 7.07. The molecule has 0 aliphatic rings. The molecule has 148 valence electrons. The van der Waals surface area contributed by atoms with Crippen molar-refractivity contribution in [3.63, 3.8) is 0 Å². The molecule has 3 N–H and O–H groups in total. The predicted molar refractivity (Wildman–Crippen MR) is 118 cm³/mol. The van der Waals surface area contributed by atoms with Gasteiger partial charge in [-0.2, -0.15) is 0 Å². The zero-order chi connectivity index (χ0) is 20.8. The number of carbonyl (C=O) groups excluding carboxylic acids is 1. The van der Waals surface area contributed by atoms with E-state index in [2.05, 4.69) is 10.6 Å². The summed E-state index contributed by atoms with van der Waals surface area (Å²) in [6.45, 7) is 4.30. The predicted octanol–water partition coefficient (Wildman–Crippen LogP) is 4.71. The molecule has 3 aromatic rings. The number of hydrogen-bond acceptors (Lipinski definition) is 4. The zero-order valence-electron chi connectivity index (χ0n) is 16.2. The second kappa shape index (κ2) is 9.21. The van der Waals surface area contributed by atoms with E-state index in [-0.39, 0.29) is 16.8 Å². The molecule has 1 amide bonds. The Hall–Kier alpha value is -3.38. The van der Waals surface area contributed by atoms with Crippen molar-refractivity contribution < 1.29 is 14.6 Å². The molecule has 0 saturated carbocycles. The lowest BCUT2D eigenvalue weighted by Gasteiger charge is -2.13. The number of benzene rings is 3. The van der Waals surface area contributed by atoms with Gasteiger partial charge in [0.25, 0.3) is 5.91 Å². The lowest BCUT2D eigenvalue weighted by molar-refractivity contribution is 0.0977. The van der Waals surface area contributed by atoms with Crippen LogP contribution in [-0.2, 0) is 6.61 Å². The number of amides is 1. The number of carbonyl (C=O) groups is 1. The fourth-order valence-corrected chi connectivity index (χ4v) is 2.88. The van der Waals surface area contributed by atoms with Crippen molar-refractivity contribution in [3.05, 3.63) is 89.0 Å². The van der Waals surface area contributed by atoms with E-state index in [4.69, 9.17) is 17.0 Å². The van der Waals surface area contributed by atoms with Crippen LogP contribution in [0.2, 0.25) is 0 Å². The van der Waals surface area contributed by atoms with Crippen LogP contribution >= 0.6 is 12.2 Å². The molecule has 6 heteroatoms. The summed E-state index contributed by atoms with van der Waals surface area (Å²) in [5, 5.41) is 15.6. The Morgan fingerprint density at radius 1 is 1.00 bits per heavy atom. The Labute approximate surface area is 175 Å². The van der Waals surface area contributed by atoms with Gasteiger partial charge in [0.15, 0.2) is 5.11 Å². The lowest BCUT2D eigenvalue weighted by atomic mass is 10.1. The minimum absolute atomic E-state index is 0.0737. The van der Waals surface area contributed by atoms with E-state index in [1.165, 1.54) is 0 Å². The average Bonchev–Trinajstić information content (AvgIpc) is 2.71. The fourth-order valence-electron chi connectivity index (χ4n) is 2.67. The summed E-state index contributed by atoms with van der Waals surface area (Å²) < 4.78 is 5.72. The van der Waals surface area contributed by atoms with Gasteiger partial charge in [-0.15, -0.1) is 0 Å². The summed E-state index contributed by atoms with van der Waals surface area (Å²) in [6, 6.07) is 20.1. The third kappa shape index (κ3) is 5.56. The first kappa shape index (κ1) is 20.4. The molecule has 0 atom stereocenters. The standard InChI is InChI=1S/C23H22N2O3S/c1-15-12-20(21(26)13-16(15)2)24-23(29)25-22(27)18-8-10-19(11-9-18)28-14-17-6-4-3-5-7-17/h3-13,26H,14H2,1-2H3,(H2,24,25,27,29). The fraction of sp³-hybridized carbons (Fsp3) is 0.130. The second-order valence-electron chi connectivity index (χ2n) is 6.66. The molecule has 0 unspecified atom stereocenters. The van der Waals surface area contributed by atoms with Crippen molar-refractivity contribution in [2.45, 2.75) is 20.5 Å². The normalized spacial score (nSPS) is 10.3. The van der Waals surface area contributed by atoms with E-state index in [1.807, 2.05) is 44.2 Å². The summed E-state index contributed by atoms with van der Waals surface area (Å²) in [5.74, 6) is 0.399. The van der Waals surface area contributed by atoms with Gasteiger partial charge < -0.3 is 15.2 Å². The zero-order valence-corrected chi connectivity index (χ0v) is 17.0. The number of aromatic hydroxyl groups is 1. The molecule has 3 rings (SSSR count). The van der Waals surface area contributed by atoms with Crippen molar-refractivity contribution in [2.75, 3.05) is 5.32 Å². The van der Waals surface area contributed by atoms with E-state index >= 15 is 0 Å². The first-order chi connectivity index (χ1) is 13.9. The van der Waals surface area contributed by atoms with E-state index in [9.17, 15) is 9.90 Å². The van der Waals surface area contributed by atoms with Crippen LogP contribution in [0.4, 0.5) is 5.69 Å². The summed E-state index contributed by atoms with van der Waals surface area (Å²) in [4.78, 5) is 12.4. The molecule has 5 nitrogen and oxygen atoms in total. The van der Waals surface area contributed by atoms with Crippen molar-refractivity contribution >= 4 is 28.9 Å². The molecule has 0 saturated heterocycles. The van der Waals surface area contributed by atoms with Crippen molar-refractivity contribution in [1.29, 1.82) is 0 Å². The smallest absolute Gasteiger partial charge is 0.257 e. The van der Waals surface area contributed by atoms with Crippen molar-refractivity contribution in [3.8, 4) is 11.5 Å². The Kier molecular flexibility index (Phi) is 6.46. The van der Waals surface area contributed by atoms with Crippen LogP contribution in [0.25, 0.3) is 0 Å². The van der Waals surface area contributed by atoms with E-state index in [0.717, 1.165) is 16.7 Å². The van der Waals surface area contributed by atoms with Gasteiger partial charge in [0.2, 0.25) is 0 Å². The van der Waals surface area contributed by atoms with Gasteiger partial charge in [-0.3, -0.25) is 10.1 Å². The monoisotopic (exact) mass is 406 g/mol. The van der Waals surface area contributed by atoms with Crippen LogP contribution in [0.5, 0.6) is 11.5 Å². The van der Waals surface area contributed by atoms with Crippen LogP contribution in [0.15, 0.2) is 66.7 Å². The van der Waals surface area contributed by atoms with Gasteiger partial charge in [0, 0.05) is 5.56 Å². The average molecular weight is 407 g/mol. The molecule has 0 heterocycles. The van der Waals surface area contributed by atoms with Crippen LogP contribution < -0.4 is 15.4 Å². The third-order valence-corrected chi connectivity index (χ3v) is 4.66. The summed E-state index contributed by atoms with van der Waals surface area (Å²) in [7, 11) is 0. The Bertz CT molecular complexity index is 1020. The summed E-state index contributed by atoms with van der Waals surface area (Å²) >= 11 is 5.19. The number of anilines is 1. The summed E-state index contributed by atoms with van der Waals surface area (Å²) in [5.41, 5.74) is 3.94. The van der Waals surface area contributed by atoms with E-state index in [1.54, 1.807) is 36.4 Å². The molecule has 0 fully saturated rings. The highest BCUT2D eigenvalue weighted by Crippen LogP contribution is 2.26. The maximum Gasteiger partial charge on any atom is 0.257 e. The third-order valence-electron chi connectivity index (χ3n) is 4.45. The first-order valence-corrected chi connectivity index (χ1v) is 9.52. The largest absolute Gasteiger partial charge is 0.506 e. The maximum absolute atomic E-state index is 12.4. The summed E-state index contributed by atoms with van der Waals surface area (Å²) in [6.07, 6.45) is 0. The Balaban J connectivity index is 1.56. The van der Waals surface area contributed by atoms with Gasteiger partial charge in [-0.1, -0.05) is 30.3 Å². The highest BCUT2D eigenvalue weighted by Gasteiger charge is 2.11. The van der Waals surface area contributed by atoms with Crippen LogP contribution in [-0.4, -0.2) is 16.1 Å². The van der Waals surface area contributed by atoms with Crippen LogP contribution in [0.3, 0.4) is 0 Å². The Morgan fingerprint density at radius 2 is 1.66 bits per heavy atom. The molecular weight excluding hydrogens is 384 g/mol. The SMILES string of the molecule is Cc1cc(O)c(NC(=S)NC(=O)c2ccc(OCc3ccccc3)cc2)cc1C. The van der Waals surface area contributed by atoms with Gasteiger partial charge >= 0.3 is 0 Å². The molecular formula is C23H22N2O3S. The molecule has 0 radical (unpaired) electrons. The van der Waals surface area contributed by atoms with Crippen molar-refractivity contribution in [1.82, 2.24) is 5.32 Å². The van der Waals surface area contributed by atoms with Gasteiger partial charge in [-0.05, 0) is 79.2 Å². The molecule has 0 spiro atoms. The van der Waals surface area contributed by atoms with E-state index < -0.39 is 0 Å². The topological polar surface area (TPSA) is 70.6 Å². The molecule has 0 bridgehead atoms. The number of rotatable bonds is 5. The van der Waals surface area contributed by atoms with E-state index in [0.29, 0.717) is 23.6 Å². The number of phenols is 1. The van der Waals surface area contributed by atoms with Crippen molar-refractivity contribution in [2.24, 2.45) is 0 Å². The number of nitrogens with one attached hydrogen (secondary N) is 2. The van der Waals surface area contributed by atoms with Crippen LogP contribution in [0, 0.1) is 13.8 Å². The molecule has 0 aromatic heterocycles. The molecule has 3 aromatic carbocycles. The lowest BCUT2D eigenvalue weighted by Crippen LogP contribution is -2.34. The number of phenolic OH excluding ortho intramolecular Hbond substituents is 1. The van der Waals surface area contributed by atoms with Gasteiger partial charge in [-0.25, -0.2) is 0 Å². The minimum Gasteiger partial charge on any atom is -0.506 e. The number of ether oxygens (including phenoxy) is 1. The maximum atomic E-state index is 12.4. The Morgan fingerprint density at radius 3 is 2.34 bits per heavy atom. The highest BCUT2D eigenvalue weighted by atomic mass is 32.1. The molecule has 0 aliphatic carbocycles. The minimum atomic E-state index is -0.347. The molecule has 29 heavy (non-hydrogen) atoms. The van der Waals surface area contributed by atoms with Crippen LogP contribution in [0.1, 0.15) is 27.0 Å². The van der Waals surface area contributed by atoms with Gasteiger partial charge in [0.1, 0.15) is 18.1 Å². The number of thiocarbonyl (C=S) groups is 1. The number of aryl methyl sites for hydroxylation is 2. The highest BCUT2D eigenvalue weighted by molar-refractivity contribution is 7.80. The number of hydrogen-bond donors (Lipinski definition) is 3.